The van der Waals surface area contributed by atoms with Gasteiger partial charge in [0.2, 0.25) is 0 Å². The maximum Gasteiger partial charge on any atom is 0.573 e. The van der Waals surface area contributed by atoms with E-state index in [1.165, 1.54) is 24.4 Å². The van der Waals surface area contributed by atoms with Gasteiger partial charge in [-0.05, 0) is 40.2 Å². The molecule has 0 saturated heterocycles. The lowest BCUT2D eigenvalue weighted by Crippen LogP contribution is -2.17. The lowest BCUT2D eigenvalue weighted by Gasteiger charge is -2.12. The Kier molecular flexibility index (Phi) is 4.53. The first-order chi connectivity index (χ1) is 9.87. The van der Waals surface area contributed by atoms with Crippen molar-refractivity contribution in [3.8, 4) is 17.2 Å². The van der Waals surface area contributed by atoms with Crippen LogP contribution in [0.4, 0.5) is 19.0 Å². The molecule has 0 atom stereocenters. The van der Waals surface area contributed by atoms with E-state index < -0.39 is 6.36 Å². The minimum Gasteiger partial charge on any atom is -0.457 e. The molecule has 21 heavy (non-hydrogen) atoms. The summed E-state index contributed by atoms with van der Waals surface area (Å²) < 4.78 is 45.9. The Balaban J connectivity index is 2.16. The van der Waals surface area contributed by atoms with Gasteiger partial charge in [0.1, 0.15) is 23.1 Å². The van der Waals surface area contributed by atoms with Crippen LogP contribution >= 0.6 is 15.9 Å². The van der Waals surface area contributed by atoms with E-state index in [2.05, 4.69) is 31.1 Å². The minimum atomic E-state index is -4.75. The van der Waals surface area contributed by atoms with Crippen LogP contribution in [0.5, 0.6) is 17.2 Å². The van der Waals surface area contributed by atoms with Crippen LogP contribution in [0, 0.1) is 0 Å². The summed E-state index contributed by atoms with van der Waals surface area (Å²) >= 11 is 2.99. The van der Waals surface area contributed by atoms with Gasteiger partial charge in [0.15, 0.2) is 0 Å². The molecule has 0 spiro atoms. The van der Waals surface area contributed by atoms with Crippen molar-refractivity contribution in [3.63, 3.8) is 0 Å². The summed E-state index contributed by atoms with van der Waals surface area (Å²) in [6.07, 6.45) is -3.28. The van der Waals surface area contributed by atoms with Crippen molar-refractivity contribution < 1.29 is 22.6 Å². The highest BCUT2D eigenvalue weighted by molar-refractivity contribution is 9.10. The fourth-order valence-electron chi connectivity index (χ4n) is 1.44. The van der Waals surface area contributed by atoms with Crippen LogP contribution in [0.25, 0.3) is 0 Å². The van der Waals surface area contributed by atoms with Crippen molar-refractivity contribution in [2.24, 2.45) is 5.84 Å². The van der Waals surface area contributed by atoms with E-state index in [-0.39, 0.29) is 10.2 Å². The molecule has 1 aromatic carbocycles. The zero-order chi connectivity index (χ0) is 15.5. The molecule has 0 unspecified atom stereocenters. The van der Waals surface area contributed by atoms with Crippen molar-refractivity contribution in [2.45, 2.75) is 6.36 Å². The molecular weight excluding hydrogens is 355 g/mol. The van der Waals surface area contributed by atoms with Crippen LogP contribution in [0.1, 0.15) is 0 Å². The fraction of sp³-hybridized carbons (Fsp3) is 0.0833. The molecule has 2 rings (SSSR count). The Morgan fingerprint density at radius 2 is 1.86 bits per heavy atom. The quantitative estimate of drug-likeness (QED) is 0.638. The maximum absolute atomic E-state index is 12.2. The number of nitrogen functional groups attached to an aromatic ring is 1. The summed E-state index contributed by atoms with van der Waals surface area (Å²) in [6, 6.07) is 6.97. The fourth-order valence-corrected chi connectivity index (χ4v) is 1.88. The molecule has 0 aliphatic carbocycles. The molecule has 1 heterocycles. The minimum absolute atomic E-state index is 0.114. The second-order valence-electron chi connectivity index (χ2n) is 3.76. The topological polar surface area (TPSA) is 69.4 Å². The highest BCUT2D eigenvalue weighted by atomic mass is 79.9. The molecule has 9 heteroatoms. The number of pyridine rings is 1. The summed E-state index contributed by atoms with van der Waals surface area (Å²) in [5.74, 6) is 6.01. The molecule has 5 nitrogen and oxygen atoms in total. The van der Waals surface area contributed by atoms with E-state index in [0.29, 0.717) is 17.3 Å². The third-order valence-electron chi connectivity index (χ3n) is 2.24. The molecule has 0 radical (unpaired) electrons. The molecular formula is C12H9BrF3N3O2. The van der Waals surface area contributed by atoms with Gasteiger partial charge in [0, 0.05) is 12.3 Å². The second-order valence-corrected chi connectivity index (χ2v) is 4.62. The predicted molar refractivity (Wildman–Crippen MR) is 72.9 cm³/mol. The van der Waals surface area contributed by atoms with Crippen LogP contribution < -0.4 is 20.7 Å². The van der Waals surface area contributed by atoms with Gasteiger partial charge in [-0.2, -0.15) is 0 Å². The number of anilines is 1. The molecule has 0 fully saturated rings. The monoisotopic (exact) mass is 363 g/mol. The Hall–Kier alpha value is -2.00. The summed E-state index contributed by atoms with van der Waals surface area (Å²) in [4.78, 5) is 3.90. The molecule has 0 aliphatic rings. The highest BCUT2D eigenvalue weighted by Gasteiger charge is 2.32. The van der Waals surface area contributed by atoms with Crippen LogP contribution in [0.15, 0.2) is 41.0 Å². The number of hydrazine groups is 1. The number of halogens is 4. The lowest BCUT2D eigenvalue weighted by atomic mass is 10.3. The van der Waals surface area contributed by atoms with Gasteiger partial charge in [0.25, 0.3) is 0 Å². The number of hydrogen-bond donors (Lipinski definition) is 2. The van der Waals surface area contributed by atoms with E-state index in [4.69, 9.17) is 10.6 Å². The third kappa shape index (κ3) is 4.50. The van der Waals surface area contributed by atoms with E-state index in [1.807, 2.05) is 0 Å². The Morgan fingerprint density at radius 3 is 2.48 bits per heavy atom. The molecule has 0 amide bonds. The normalized spacial score (nSPS) is 11.1. The Bertz CT molecular complexity index is 637. The molecule has 0 saturated carbocycles. The summed E-state index contributed by atoms with van der Waals surface area (Å²) in [7, 11) is 0. The maximum atomic E-state index is 12.2. The van der Waals surface area contributed by atoms with Crippen molar-refractivity contribution in [1.82, 2.24) is 4.98 Å². The number of ether oxygens (including phenoxy) is 2. The average molecular weight is 364 g/mol. The molecule has 0 aliphatic heterocycles. The first-order valence-electron chi connectivity index (χ1n) is 5.53. The standard InChI is InChI=1S/C12H9BrF3N3O2/c13-9-5-7(1-2-10(9)21-12(14,15)16)20-8-3-4-18-11(6-8)19-17/h1-6H,17H2,(H,18,19). The Morgan fingerprint density at radius 1 is 1.14 bits per heavy atom. The van der Waals surface area contributed by atoms with Gasteiger partial charge >= 0.3 is 6.36 Å². The van der Waals surface area contributed by atoms with Gasteiger partial charge < -0.3 is 14.9 Å². The first-order valence-corrected chi connectivity index (χ1v) is 6.32. The van der Waals surface area contributed by atoms with Crippen molar-refractivity contribution in [1.29, 1.82) is 0 Å². The van der Waals surface area contributed by atoms with Gasteiger partial charge in [-0.15, -0.1) is 13.2 Å². The zero-order valence-corrected chi connectivity index (χ0v) is 11.9. The van der Waals surface area contributed by atoms with Gasteiger partial charge in [-0.3, -0.25) is 0 Å². The smallest absolute Gasteiger partial charge is 0.457 e. The van der Waals surface area contributed by atoms with Gasteiger partial charge in [-0.25, -0.2) is 10.8 Å². The van der Waals surface area contributed by atoms with Crippen LogP contribution in [0.2, 0.25) is 0 Å². The number of benzene rings is 1. The van der Waals surface area contributed by atoms with Gasteiger partial charge in [-0.1, -0.05) is 0 Å². The first kappa shape index (κ1) is 15.4. The third-order valence-corrected chi connectivity index (χ3v) is 2.86. The number of rotatable bonds is 4. The van der Waals surface area contributed by atoms with E-state index in [9.17, 15) is 13.2 Å². The van der Waals surface area contributed by atoms with E-state index in [0.717, 1.165) is 6.07 Å². The van der Waals surface area contributed by atoms with Crippen LogP contribution in [-0.2, 0) is 0 Å². The van der Waals surface area contributed by atoms with Crippen LogP contribution in [0.3, 0.4) is 0 Å². The molecule has 3 N–H and O–H groups in total. The Labute approximate surface area is 126 Å². The van der Waals surface area contributed by atoms with E-state index in [1.54, 1.807) is 6.07 Å². The summed E-state index contributed by atoms with van der Waals surface area (Å²) in [6.45, 7) is 0. The summed E-state index contributed by atoms with van der Waals surface area (Å²) in [5, 5.41) is 0. The van der Waals surface area contributed by atoms with Crippen molar-refractivity contribution in [3.05, 3.63) is 41.0 Å². The molecule has 2 aromatic rings. The van der Waals surface area contributed by atoms with Gasteiger partial charge in [0.05, 0.1) is 4.47 Å². The molecule has 112 valence electrons. The number of hydrogen-bond acceptors (Lipinski definition) is 5. The SMILES string of the molecule is NNc1cc(Oc2ccc(OC(F)(F)F)c(Br)c2)ccn1. The van der Waals surface area contributed by atoms with Crippen LogP contribution in [-0.4, -0.2) is 11.3 Å². The second kappa shape index (κ2) is 6.19. The summed E-state index contributed by atoms with van der Waals surface area (Å²) in [5.41, 5.74) is 2.35. The average Bonchev–Trinajstić information content (AvgIpc) is 2.41. The number of nitrogens with one attached hydrogen (secondary N) is 1. The highest BCUT2D eigenvalue weighted by Crippen LogP contribution is 2.34. The van der Waals surface area contributed by atoms with Crippen molar-refractivity contribution >= 4 is 21.7 Å². The predicted octanol–water partition coefficient (Wildman–Crippen LogP) is 3.82. The largest absolute Gasteiger partial charge is 0.573 e. The number of aromatic nitrogens is 1. The number of nitrogens with two attached hydrogens (primary N) is 1. The lowest BCUT2D eigenvalue weighted by molar-refractivity contribution is -0.274. The van der Waals surface area contributed by atoms with Crippen molar-refractivity contribution in [2.75, 3.05) is 5.43 Å². The molecule has 0 bridgehead atoms. The number of nitrogens with zero attached hydrogens (tertiary/aromatic N) is 1. The number of alkyl halides is 3. The zero-order valence-electron chi connectivity index (χ0n) is 10.3. The van der Waals surface area contributed by atoms with E-state index >= 15 is 0 Å². The molecule has 1 aromatic heterocycles.